The molecule has 1 rings (SSSR count). The van der Waals surface area contributed by atoms with Crippen molar-refractivity contribution >= 4 is 11.6 Å². The molecule has 1 aromatic rings. The van der Waals surface area contributed by atoms with Gasteiger partial charge in [0.05, 0.1) is 6.42 Å². The highest BCUT2D eigenvalue weighted by Crippen LogP contribution is 2.13. The minimum Gasteiger partial charge on any atom is -0.299 e. The zero-order valence-electron chi connectivity index (χ0n) is 16.3. The van der Waals surface area contributed by atoms with E-state index in [1.165, 1.54) is 50.5 Å². The highest BCUT2D eigenvalue weighted by Gasteiger charge is 2.11. The van der Waals surface area contributed by atoms with Gasteiger partial charge in [0.1, 0.15) is 5.78 Å². The minimum atomic E-state index is -0.0355. The molecule has 0 heterocycles. The Hall–Kier alpha value is -1.44. The third-order valence-corrected chi connectivity index (χ3v) is 4.76. The summed E-state index contributed by atoms with van der Waals surface area (Å²) >= 11 is 0. The first-order valence-electron chi connectivity index (χ1n) is 10.3. The average molecular weight is 345 g/mol. The molecule has 0 amide bonds. The highest BCUT2D eigenvalue weighted by atomic mass is 16.1. The van der Waals surface area contributed by atoms with Crippen LogP contribution < -0.4 is 0 Å². The third kappa shape index (κ3) is 10.2. The maximum Gasteiger partial charge on any atom is 0.170 e. The number of unbranched alkanes of at least 4 members (excludes halogenated alkanes) is 8. The summed E-state index contributed by atoms with van der Waals surface area (Å²) in [4.78, 5) is 24.1. The molecule has 0 atom stereocenters. The summed E-state index contributed by atoms with van der Waals surface area (Å²) in [6, 6.07) is 7.87. The lowest BCUT2D eigenvalue weighted by molar-refractivity contribution is -0.118. The Morgan fingerprint density at radius 1 is 0.720 bits per heavy atom. The van der Waals surface area contributed by atoms with E-state index in [1.54, 1.807) is 0 Å². The molecule has 0 aromatic heterocycles. The van der Waals surface area contributed by atoms with Crippen LogP contribution >= 0.6 is 0 Å². The normalized spacial score (nSPS) is 10.8. The number of ketones is 2. The molecule has 2 nitrogen and oxygen atoms in total. The number of Topliss-reactive ketones (excluding diaryl/α,β-unsaturated/α-hetero) is 2. The van der Waals surface area contributed by atoms with E-state index in [1.807, 2.05) is 24.3 Å². The van der Waals surface area contributed by atoms with Crippen molar-refractivity contribution in [3.8, 4) is 0 Å². The molecule has 0 spiro atoms. The SMILES string of the molecule is CCCCCCCCc1ccc(C(=O)CC(=O)CCCCCC)cc1. The number of hydrogen-bond acceptors (Lipinski definition) is 2. The van der Waals surface area contributed by atoms with Crippen LogP contribution in [-0.4, -0.2) is 11.6 Å². The van der Waals surface area contributed by atoms with Crippen LogP contribution in [0.2, 0.25) is 0 Å². The molecule has 1 aromatic carbocycles. The molecular formula is C23H36O2. The molecule has 2 heteroatoms. The predicted octanol–water partition coefficient (Wildman–Crippen LogP) is 6.70. The summed E-state index contributed by atoms with van der Waals surface area (Å²) in [5.74, 6) is 0.0452. The van der Waals surface area contributed by atoms with E-state index in [-0.39, 0.29) is 18.0 Å². The Bertz CT molecular complexity index is 487. The van der Waals surface area contributed by atoms with Crippen molar-refractivity contribution in [2.24, 2.45) is 0 Å². The molecule has 0 saturated heterocycles. The van der Waals surface area contributed by atoms with Crippen LogP contribution in [0.5, 0.6) is 0 Å². The van der Waals surface area contributed by atoms with Crippen molar-refractivity contribution in [3.05, 3.63) is 35.4 Å². The number of hydrogen-bond donors (Lipinski definition) is 0. The molecule has 0 aliphatic heterocycles. The van der Waals surface area contributed by atoms with E-state index < -0.39 is 0 Å². The number of carbonyl (C=O) groups is 2. The first kappa shape index (κ1) is 21.6. The zero-order chi connectivity index (χ0) is 18.3. The molecule has 0 unspecified atom stereocenters. The Morgan fingerprint density at radius 3 is 1.92 bits per heavy atom. The fraction of sp³-hybridized carbons (Fsp3) is 0.652. The van der Waals surface area contributed by atoms with Crippen LogP contribution in [0.25, 0.3) is 0 Å². The average Bonchev–Trinajstić information content (AvgIpc) is 2.62. The Labute approximate surface area is 154 Å². The van der Waals surface area contributed by atoms with Gasteiger partial charge in [-0.2, -0.15) is 0 Å². The van der Waals surface area contributed by atoms with Crippen molar-refractivity contribution < 1.29 is 9.59 Å². The van der Waals surface area contributed by atoms with Crippen LogP contribution in [0.1, 0.15) is 107 Å². The molecule has 0 N–H and O–H groups in total. The summed E-state index contributed by atoms with van der Waals surface area (Å²) in [7, 11) is 0. The van der Waals surface area contributed by atoms with Crippen molar-refractivity contribution in [3.63, 3.8) is 0 Å². The fourth-order valence-electron chi connectivity index (χ4n) is 3.09. The minimum absolute atomic E-state index is 0.0355. The maximum absolute atomic E-state index is 12.2. The summed E-state index contributed by atoms with van der Waals surface area (Å²) in [5.41, 5.74) is 1.96. The van der Waals surface area contributed by atoms with Crippen molar-refractivity contribution in [1.29, 1.82) is 0 Å². The Kier molecular flexibility index (Phi) is 11.9. The monoisotopic (exact) mass is 344 g/mol. The second-order valence-electron chi connectivity index (χ2n) is 7.16. The molecule has 0 aliphatic carbocycles. The first-order valence-corrected chi connectivity index (χ1v) is 10.3. The van der Waals surface area contributed by atoms with Gasteiger partial charge in [-0.25, -0.2) is 0 Å². The van der Waals surface area contributed by atoms with Crippen LogP contribution in [0.3, 0.4) is 0 Å². The summed E-state index contributed by atoms with van der Waals surface area (Å²) < 4.78 is 0. The van der Waals surface area contributed by atoms with Gasteiger partial charge < -0.3 is 0 Å². The lowest BCUT2D eigenvalue weighted by atomic mass is 9.99. The van der Waals surface area contributed by atoms with Gasteiger partial charge in [0.15, 0.2) is 5.78 Å². The van der Waals surface area contributed by atoms with Crippen LogP contribution in [0, 0.1) is 0 Å². The van der Waals surface area contributed by atoms with E-state index in [0.29, 0.717) is 12.0 Å². The molecule has 140 valence electrons. The van der Waals surface area contributed by atoms with Crippen LogP contribution in [0.4, 0.5) is 0 Å². The third-order valence-electron chi connectivity index (χ3n) is 4.76. The largest absolute Gasteiger partial charge is 0.299 e. The van der Waals surface area contributed by atoms with Gasteiger partial charge in [-0.05, 0) is 24.8 Å². The second-order valence-corrected chi connectivity index (χ2v) is 7.16. The fourth-order valence-corrected chi connectivity index (χ4v) is 3.09. The van der Waals surface area contributed by atoms with E-state index in [9.17, 15) is 9.59 Å². The van der Waals surface area contributed by atoms with Gasteiger partial charge in [0.2, 0.25) is 0 Å². The van der Waals surface area contributed by atoms with E-state index in [4.69, 9.17) is 0 Å². The molecular weight excluding hydrogens is 308 g/mol. The van der Waals surface area contributed by atoms with Gasteiger partial charge in [-0.1, -0.05) is 89.5 Å². The zero-order valence-corrected chi connectivity index (χ0v) is 16.3. The van der Waals surface area contributed by atoms with Crippen molar-refractivity contribution in [2.75, 3.05) is 0 Å². The summed E-state index contributed by atoms with van der Waals surface area (Å²) in [5, 5.41) is 0. The van der Waals surface area contributed by atoms with Gasteiger partial charge in [0.25, 0.3) is 0 Å². The predicted molar refractivity (Wildman–Crippen MR) is 106 cm³/mol. The van der Waals surface area contributed by atoms with E-state index in [0.717, 1.165) is 25.7 Å². The van der Waals surface area contributed by atoms with Crippen LogP contribution in [-0.2, 0) is 11.2 Å². The Morgan fingerprint density at radius 2 is 1.28 bits per heavy atom. The molecule has 0 saturated carbocycles. The number of carbonyl (C=O) groups excluding carboxylic acids is 2. The summed E-state index contributed by atoms with van der Waals surface area (Å²) in [6.07, 6.45) is 13.8. The molecule has 25 heavy (non-hydrogen) atoms. The topological polar surface area (TPSA) is 34.1 Å². The quantitative estimate of drug-likeness (QED) is 0.201. The maximum atomic E-state index is 12.2. The van der Waals surface area contributed by atoms with Crippen molar-refractivity contribution in [1.82, 2.24) is 0 Å². The highest BCUT2D eigenvalue weighted by molar-refractivity contribution is 6.07. The lowest BCUT2D eigenvalue weighted by Crippen LogP contribution is -2.08. The van der Waals surface area contributed by atoms with Gasteiger partial charge in [0, 0.05) is 12.0 Å². The lowest BCUT2D eigenvalue weighted by Gasteiger charge is -2.05. The number of benzene rings is 1. The first-order chi connectivity index (χ1) is 12.2. The second kappa shape index (κ2) is 13.8. The van der Waals surface area contributed by atoms with Gasteiger partial charge in [-0.15, -0.1) is 0 Å². The van der Waals surface area contributed by atoms with Gasteiger partial charge in [-0.3, -0.25) is 9.59 Å². The molecule has 0 fully saturated rings. The molecule has 0 bridgehead atoms. The van der Waals surface area contributed by atoms with Crippen LogP contribution in [0.15, 0.2) is 24.3 Å². The van der Waals surface area contributed by atoms with Crippen molar-refractivity contribution in [2.45, 2.75) is 97.3 Å². The van der Waals surface area contributed by atoms with Gasteiger partial charge >= 0.3 is 0 Å². The molecule has 0 radical (unpaired) electrons. The number of rotatable bonds is 15. The number of aryl methyl sites for hydroxylation is 1. The Balaban J connectivity index is 2.27. The smallest absolute Gasteiger partial charge is 0.170 e. The molecule has 0 aliphatic rings. The standard InChI is InChI=1S/C23H36O2/c1-3-5-7-9-10-11-13-20-15-17-21(18-16-20)23(25)19-22(24)14-12-8-6-4-2/h15-18H,3-14,19H2,1-2H3. The van der Waals surface area contributed by atoms with E-state index in [2.05, 4.69) is 13.8 Å². The summed E-state index contributed by atoms with van der Waals surface area (Å²) in [6.45, 7) is 4.39. The van der Waals surface area contributed by atoms with E-state index >= 15 is 0 Å².